The zero-order valence-corrected chi connectivity index (χ0v) is 13.0. The highest BCUT2D eigenvalue weighted by Gasteiger charge is 2.36. The van der Waals surface area contributed by atoms with Gasteiger partial charge in [-0.3, -0.25) is 0 Å². The Labute approximate surface area is 126 Å². The molecule has 0 aliphatic heterocycles. The summed E-state index contributed by atoms with van der Waals surface area (Å²) in [5.41, 5.74) is 9.64. The number of nitrogens with zero attached hydrogens (tertiary/aromatic N) is 1. The molecule has 3 rings (SSSR count). The van der Waals surface area contributed by atoms with Gasteiger partial charge in [0.15, 0.2) is 0 Å². The van der Waals surface area contributed by atoms with Crippen LogP contribution in [0.4, 0.5) is 5.82 Å². The van der Waals surface area contributed by atoms with Gasteiger partial charge in [-0.05, 0) is 63.0 Å². The monoisotopic (exact) mass is 289 g/mol. The van der Waals surface area contributed by atoms with E-state index in [0.29, 0.717) is 4.99 Å². The first-order valence-electron chi connectivity index (χ1n) is 7.74. The highest BCUT2D eigenvalue weighted by Crippen LogP contribution is 2.38. The number of nitrogens with one attached hydrogen (secondary N) is 1. The first-order valence-corrected chi connectivity index (χ1v) is 8.15. The SMILES string of the molecule is CCC1(Nc2nc3c(cc2C(N)=S)CCCC3)CCC1. The summed E-state index contributed by atoms with van der Waals surface area (Å²) in [7, 11) is 0. The smallest absolute Gasteiger partial charge is 0.136 e. The van der Waals surface area contributed by atoms with Crippen molar-refractivity contribution in [3.8, 4) is 0 Å². The van der Waals surface area contributed by atoms with Gasteiger partial charge in [-0.15, -0.1) is 0 Å². The summed E-state index contributed by atoms with van der Waals surface area (Å²) in [6.07, 6.45) is 9.55. The maximum atomic E-state index is 5.92. The molecule has 1 fully saturated rings. The molecule has 20 heavy (non-hydrogen) atoms. The van der Waals surface area contributed by atoms with E-state index in [9.17, 15) is 0 Å². The van der Waals surface area contributed by atoms with E-state index >= 15 is 0 Å². The normalized spacial score (nSPS) is 19.9. The summed E-state index contributed by atoms with van der Waals surface area (Å²) >= 11 is 5.23. The largest absolute Gasteiger partial charge is 0.389 e. The lowest BCUT2D eigenvalue weighted by atomic mass is 9.74. The second kappa shape index (κ2) is 5.32. The van der Waals surface area contributed by atoms with E-state index in [1.165, 1.54) is 43.4 Å². The molecule has 3 nitrogen and oxygen atoms in total. The number of anilines is 1. The summed E-state index contributed by atoms with van der Waals surface area (Å²) in [5.74, 6) is 0.916. The van der Waals surface area contributed by atoms with E-state index in [-0.39, 0.29) is 5.54 Å². The standard InChI is InChI=1S/C16H23N3S/c1-2-16(8-5-9-16)19-15-12(14(17)20)10-11-6-3-4-7-13(11)18-15/h10H,2-9H2,1H3,(H2,17,20)(H,18,19). The van der Waals surface area contributed by atoms with Gasteiger partial charge in [-0.25, -0.2) is 4.98 Å². The van der Waals surface area contributed by atoms with Crippen LogP contribution in [0.25, 0.3) is 0 Å². The zero-order valence-electron chi connectivity index (χ0n) is 12.2. The Morgan fingerprint density at radius 2 is 2.10 bits per heavy atom. The van der Waals surface area contributed by atoms with Crippen LogP contribution >= 0.6 is 12.2 Å². The predicted molar refractivity (Wildman–Crippen MR) is 87.3 cm³/mol. The number of aryl methyl sites for hydroxylation is 2. The molecule has 1 heterocycles. The minimum atomic E-state index is 0.218. The molecule has 3 N–H and O–H groups in total. The van der Waals surface area contributed by atoms with Crippen LogP contribution in [0.2, 0.25) is 0 Å². The molecule has 0 aromatic carbocycles. The highest BCUT2D eigenvalue weighted by atomic mass is 32.1. The number of thiocarbonyl (C=S) groups is 1. The van der Waals surface area contributed by atoms with Crippen molar-refractivity contribution >= 4 is 23.0 Å². The lowest BCUT2D eigenvalue weighted by Gasteiger charge is -2.43. The Bertz CT molecular complexity index is 529. The Morgan fingerprint density at radius 1 is 1.35 bits per heavy atom. The third-order valence-electron chi connectivity index (χ3n) is 4.94. The van der Waals surface area contributed by atoms with Crippen LogP contribution in [0, 0.1) is 0 Å². The van der Waals surface area contributed by atoms with Crippen molar-refractivity contribution in [3.05, 3.63) is 22.9 Å². The number of hydrogen-bond donors (Lipinski definition) is 2. The third-order valence-corrected chi connectivity index (χ3v) is 5.16. The number of nitrogens with two attached hydrogens (primary N) is 1. The molecule has 108 valence electrons. The Kier molecular flexibility index (Phi) is 3.67. The zero-order chi connectivity index (χ0) is 14.2. The molecule has 2 aliphatic rings. The van der Waals surface area contributed by atoms with Crippen LogP contribution in [-0.2, 0) is 12.8 Å². The first-order chi connectivity index (χ1) is 9.63. The predicted octanol–water partition coefficient (Wildman–Crippen LogP) is 3.34. The maximum Gasteiger partial charge on any atom is 0.136 e. The summed E-state index contributed by atoms with van der Waals surface area (Å²) in [6, 6.07) is 2.17. The summed E-state index contributed by atoms with van der Waals surface area (Å²) in [4.78, 5) is 5.33. The molecular formula is C16H23N3S. The fraction of sp³-hybridized carbons (Fsp3) is 0.625. The molecule has 0 spiro atoms. The van der Waals surface area contributed by atoms with Crippen LogP contribution in [-0.4, -0.2) is 15.5 Å². The Balaban J connectivity index is 1.97. The van der Waals surface area contributed by atoms with Gasteiger partial charge in [0.25, 0.3) is 0 Å². The molecule has 1 aromatic heterocycles. The molecule has 0 radical (unpaired) electrons. The number of pyridine rings is 1. The van der Waals surface area contributed by atoms with E-state index in [2.05, 4.69) is 18.3 Å². The molecule has 4 heteroatoms. The molecule has 2 aliphatic carbocycles. The average molecular weight is 289 g/mol. The Hall–Kier alpha value is -1.16. The molecule has 0 saturated heterocycles. The maximum absolute atomic E-state index is 5.92. The first kappa shape index (κ1) is 13.8. The van der Waals surface area contributed by atoms with Gasteiger partial charge in [0.05, 0.1) is 5.56 Å². The van der Waals surface area contributed by atoms with E-state index in [0.717, 1.165) is 30.6 Å². The van der Waals surface area contributed by atoms with Gasteiger partial charge in [-0.2, -0.15) is 0 Å². The van der Waals surface area contributed by atoms with Crippen molar-refractivity contribution in [2.75, 3.05) is 5.32 Å². The van der Waals surface area contributed by atoms with E-state index in [1.807, 2.05) is 0 Å². The molecule has 0 unspecified atom stereocenters. The lowest BCUT2D eigenvalue weighted by molar-refractivity contribution is 0.268. The quantitative estimate of drug-likeness (QED) is 0.835. The molecular weight excluding hydrogens is 266 g/mol. The fourth-order valence-electron chi connectivity index (χ4n) is 3.34. The molecule has 1 saturated carbocycles. The second-order valence-electron chi connectivity index (χ2n) is 6.17. The van der Waals surface area contributed by atoms with Crippen molar-refractivity contribution < 1.29 is 0 Å². The molecule has 1 aromatic rings. The lowest BCUT2D eigenvalue weighted by Crippen LogP contribution is -2.45. The van der Waals surface area contributed by atoms with Gasteiger partial charge in [0.1, 0.15) is 10.8 Å². The highest BCUT2D eigenvalue weighted by molar-refractivity contribution is 7.80. The summed E-state index contributed by atoms with van der Waals surface area (Å²) in [6.45, 7) is 2.24. The number of fused-ring (bicyclic) bond motifs is 1. The van der Waals surface area contributed by atoms with Crippen molar-refractivity contribution in [3.63, 3.8) is 0 Å². The number of hydrogen-bond acceptors (Lipinski definition) is 3. The van der Waals surface area contributed by atoms with Crippen molar-refractivity contribution in [2.45, 2.75) is 63.8 Å². The number of aromatic nitrogens is 1. The summed E-state index contributed by atoms with van der Waals surface area (Å²) < 4.78 is 0. The van der Waals surface area contributed by atoms with Gasteiger partial charge in [-0.1, -0.05) is 19.1 Å². The van der Waals surface area contributed by atoms with E-state index in [1.54, 1.807) is 0 Å². The minimum absolute atomic E-state index is 0.218. The van der Waals surface area contributed by atoms with Crippen molar-refractivity contribution in [1.82, 2.24) is 4.98 Å². The molecule has 0 atom stereocenters. The second-order valence-corrected chi connectivity index (χ2v) is 6.61. The van der Waals surface area contributed by atoms with Crippen LogP contribution in [0.5, 0.6) is 0 Å². The van der Waals surface area contributed by atoms with Crippen molar-refractivity contribution in [1.29, 1.82) is 0 Å². The average Bonchev–Trinajstić information content (AvgIpc) is 2.41. The van der Waals surface area contributed by atoms with Crippen LogP contribution < -0.4 is 11.1 Å². The van der Waals surface area contributed by atoms with Gasteiger partial charge in [0.2, 0.25) is 0 Å². The van der Waals surface area contributed by atoms with Crippen LogP contribution in [0.3, 0.4) is 0 Å². The van der Waals surface area contributed by atoms with E-state index < -0.39 is 0 Å². The summed E-state index contributed by atoms with van der Waals surface area (Å²) in [5, 5.41) is 3.66. The van der Waals surface area contributed by atoms with E-state index in [4.69, 9.17) is 22.9 Å². The number of rotatable bonds is 4. The van der Waals surface area contributed by atoms with Gasteiger partial charge < -0.3 is 11.1 Å². The molecule has 0 bridgehead atoms. The van der Waals surface area contributed by atoms with Crippen LogP contribution in [0.15, 0.2) is 6.07 Å². The topological polar surface area (TPSA) is 50.9 Å². The third kappa shape index (κ3) is 2.41. The van der Waals surface area contributed by atoms with Crippen LogP contribution in [0.1, 0.15) is 62.3 Å². The minimum Gasteiger partial charge on any atom is -0.389 e. The fourth-order valence-corrected chi connectivity index (χ4v) is 3.49. The molecule has 0 amide bonds. The van der Waals surface area contributed by atoms with Gasteiger partial charge in [0, 0.05) is 11.2 Å². The Morgan fingerprint density at radius 3 is 2.70 bits per heavy atom. The van der Waals surface area contributed by atoms with Gasteiger partial charge >= 0.3 is 0 Å². The van der Waals surface area contributed by atoms with Crippen molar-refractivity contribution in [2.24, 2.45) is 5.73 Å².